The molecular weight excluding hydrogens is 425 g/mol. The number of anilines is 2. The molecule has 1 aromatic heterocycles. The molecule has 4 rings (SSSR count). The van der Waals surface area contributed by atoms with Crippen LogP contribution in [-0.4, -0.2) is 51.7 Å². The van der Waals surface area contributed by atoms with Crippen LogP contribution in [0, 0.1) is 5.82 Å². The molecule has 0 aliphatic carbocycles. The van der Waals surface area contributed by atoms with Crippen molar-refractivity contribution in [1.29, 1.82) is 0 Å². The molecule has 2 atom stereocenters. The van der Waals surface area contributed by atoms with Crippen LogP contribution in [0.15, 0.2) is 36.7 Å². The highest BCUT2D eigenvalue weighted by Gasteiger charge is 2.35. The van der Waals surface area contributed by atoms with Crippen molar-refractivity contribution in [2.24, 2.45) is 5.73 Å². The van der Waals surface area contributed by atoms with Gasteiger partial charge in [-0.05, 0) is 24.6 Å². The van der Waals surface area contributed by atoms with Crippen LogP contribution in [-0.2, 0) is 11.3 Å². The molecule has 1 aliphatic rings. The van der Waals surface area contributed by atoms with Gasteiger partial charge in [0, 0.05) is 30.1 Å². The molecule has 0 radical (unpaired) electrons. The van der Waals surface area contributed by atoms with Gasteiger partial charge < -0.3 is 20.9 Å². The summed E-state index contributed by atoms with van der Waals surface area (Å²) < 4.78 is 19.9. The Balaban J connectivity index is 1.74. The second-order valence-electron chi connectivity index (χ2n) is 7.37. The molecule has 1 fully saturated rings. The number of aromatic nitrogens is 2. The summed E-state index contributed by atoms with van der Waals surface area (Å²) in [5, 5.41) is 13.6. The number of carbonyl (C=O) groups excluding carboxylic acids is 1. The average molecular weight is 446 g/mol. The van der Waals surface area contributed by atoms with Crippen LogP contribution in [0.2, 0.25) is 5.02 Å². The standard InChI is InChI=1S/C21H21ClFN5O3/c1-31-18-7-16-13(5-11(18)8-28-9-12(29)6-17(28)20(24)30)21(26-10-25-16)27-15-4-2-3-14(22)19(15)23/h2-5,7,10,12,17,29H,6,8-9H2,1H3,(H2,24,30)(H,25,26,27)/t12-,17+/m1/s1. The Morgan fingerprint density at radius 3 is 2.97 bits per heavy atom. The van der Waals surface area contributed by atoms with Crippen LogP contribution in [0.3, 0.4) is 0 Å². The largest absolute Gasteiger partial charge is 0.496 e. The lowest BCUT2D eigenvalue weighted by atomic mass is 10.1. The van der Waals surface area contributed by atoms with Crippen molar-refractivity contribution in [1.82, 2.24) is 14.9 Å². The number of carbonyl (C=O) groups is 1. The third-order valence-corrected chi connectivity index (χ3v) is 5.62. The van der Waals surface area contributed by atoms with E-state index >= 15 is 0 Å². The number of aliphatic hydroxyl groups is 1. The smallest absolute Gasteiger partial charge is 0.234 e. The highest BCUT2D eigenvalue weighted by atomic mass is 35.5. The zero-order chi connectivity index (χ0) is 22.1. The summed E-state index contributed by atoms with van der Waals surface area (Å²) in [6, 6.07) is 7.65. The van der Waals surface area contributed by atoms with Crippen molar-refractivity contribution in [2.75, 3.05) is 19.0 Å². The Labute approximate surface area is 182 Å². The van der Waals surface area contributed by atoms with Gasteiger partial charge in [0.2, 0.25) is 5.91 Å². The number of fused-ring (bicyclic) bond motifs is 1. The first-order chi connectivity index (χ1) is 14.9. The third kappa shape index (κ3) is 4.25. The molecular formula is C21H21ClFN5O3. The molecule has 1 saturated heterocycles. The van der Waals surface area contributed by atoms with Crippen LogP contribution in [0.25, 0.3) is 10.9 Å². The lowest BCUT2D eigenvalue weighted by Gasteiger charge is -2.23. The van der Waals surface area contributed by atoms with E-state index in [1.165, 1.54) is 19.5 Å². The molecule has 3 aromatic rings. The molecule has 31 heavy (non-hydrogen) atoms. The molecule has 10 heteroatoms. The molecule has 1 aliphatic heterocycles. The van der Waals surface area contributed by atoms with E-state index in [0.29, 0.717) is 35.6 Å². The molecule has 4 N–H and O–H groups in total. The number of nitrogens with zero attached hydrogens (tertiary/aromatic N) is 3. The van der Waals surface area contributed by atoms with Gasteiger partial charge in [-0.3, -0.25) is 9.69 Å². The number of nitrogens with one attached hydrogen (secondary N) is 1. The minimum absolute atomic E-state index is 0.00388. The van der Waals surface area contributed by atoms with Gasteiger partial charge in [-0.1, -0.05) is 17.7 Å². The van der Waals surface area contributed by atoms with Gasteiger partial charge in [-0.2, -0.15) is 0 Å². The number of nitrogens with two attached hydrogens (primary N) is 1. The van der Waals surface area contributed by atoms with Gasteiger partial charge in [-0.25, -0.2) is 14.4 Å². The van der Waals surface area contributed by atoms with Crippen molar-refractivity contribution in [3.8, 4) is 5.75 Å². The van der Waals surface area contributed by atoms with Gasteiger partial charge in [0.25, 0.3) is 0 Å². The lowest BCUT2D eigenvalue weighted by molar-refractivity contribution is -0.122. The number of rotatable bonds is 6. The molecule has 0 spiro atoms. The number of hydrogen-bond donors (Lipinski definition) is 3. The van der Waals surface area contributed by atoms with E-state index in [-0.39, 0.29) is 17.1 Å². The topological polar surface area (TPSA) is 114 Å². The van der Waals surface area contributed by atoms with Crippen LogP contribution in [0.4, 0.5) is 15.9 Å². The third-order valence-electron chi connectivity index (χ3n) is 5.33. The Morgan fingerprint density at radius 1 is 1.42 bits per heavy atom. The number of halogens is 2. The first-order valence-corrected chi connectivity index (χ1v) is 9.99. The van der Waals surface area contributed by atoms with Crippen LogP contribution >= 0.6 is 11.6 Å². The minimum Gasteiger partial charge on any atom is -0.496 e. The van der Waals surface area contributed by atoms with Crippen molar-refractivity contribution in [3.05, 3.63) is 53.1 Å². The molecule has 2 aromatic carbocycles. The molecule has 0 unspecified atom stereocenters. The number of aliphatic hydroxyl groups excluding tert-OH is 1. The number of benzene rings is 2. The predicted octanol–water partition coefficient (Wildman–Crippen LogP) is 2.59. The van der Waals surface area contributed by atoms with E-state index in [0.717, 1.165) is 5.56 Å². The highest BCUT2D eigenvalue weighted by molar-refractivity contribution is 6.31. The summed E-state index contributed by atoms with van der Waals surface area (Å²) in [7, 11) is 1.54. The number of primary amides is 1. The number of β-amino-alcohol motifs (C(OH)–C–C–N with tert-alkyl or cyclic N) is 1. The SMILES string of the molecule is COc1cc2ncnc(Nc3cccc(Cl)c3F)c2cc1CN1C[C@H](O)C[C@H]1C(N)=O. The monoisotopic (exact) mass is 445 g/mol. The Hall–Kier alpha value is -3.01. The van der Waals surface area contributed by atoms with Gasteiger partial charge in [0.1, 0.15) is 17.9 Å². The average Bonchev–Trinajstić information content (AvgIpc) is 3.11. The van der Waals surface area contributed by atoms with Gasteiger partial charge >= 0.3 is 0 Å². The van der Waals surface area contributed by atoms with E-state index in [9.17, 15) is 14.3 Å². The van der Waals surface area contributed by atoms with Crippen molar-refractivity contribution in [3.63, 3.8) is 0 Å². The number of ether oxygens (including phenoxy) is 1. The molecule has 8 nitrogen and oxygen atoms in total. The second kappa shape index (κ2) is 8.62. The molecule has 1 amide bonds. The van der Waals surface area contributed by atoms with Gasteiger partial charge in [0.15, 0.2) is 5.82 Å². The summed E-state index contributed by atoms with van der Waals surface area (Å²) >= 11 is 5.88. The lowest BCUT2D eigenvalue weighted by Crippen LogP contribution is -2.39. The van der Waals surface area contributed by atoms with Crippen molar-refractivity contribution < 1.29 is 19.0 Å². The Kier molecular flexibility index (Phi) is 5.90. The van der Waals surface area contributed by atoms with Gasteiger partial charge in [0.05, 0.1) is 35.5 Å². The number of amides is 1. The van der Waals surface area contributed by atoms with Crippen LogP contribution < -0.4 is 15.8 Å². The maximum Gasteiger partial charge on any atom is 0.234 e. The fourth-order valence-electron chi connectivity index (χ4n) is 3.84. The van der Waals surface area contributed by atoms with E-state index < -0.39 is 23.9 Å². The summed E-state index contributed by atoms with van der Waals surface area (Å²) in [4.78, 5) is 22.1. The molecule has 2 heterocycles. The van der Waals surface area contributed by atoms with E-state index in [1.54, 1.807) is 18.2 Å². The normalized spacial score (nSPS) is 19.0. The van der Waals surface area contributed by atoms with E-state index in [1.807, 2.05) is 11.0 Å². The summed E-state index contributed by atoms with van der Waals surface area (Å²) in [6.07, 6.45) is 1.02. The zero-order valence-corrected chi connectivity index (χ0v) is 17.4. The van der Waals surface area contributed by atoms with E-state index in [4.69, 9.17) is 22.1 Å². The molecule has 162 valence electrons. The zero-order valence-electron chi connectivity index (χ0n) is 16.7. The van der Waals surface area contributed by atoms with Crippen LogP contribution in [0.1, 0.15) is 12.0 Å². The van der Waals surface area contributed by atoms with Crippen LogP contribution in [0.5, 0.6) is 5.75 Å². The van der Waals surface area contributed by atoms with Crippen molar-refractivity contribution in [2.45, 2.75) is 25.1 Å². The minimum atomic E-state index is -0.629. The highest BCUT2D eigenvalue weighted by Crippen LogP contribution is 2.33. The van der Waals surface area contributed by atoms with Crippen molar-refractivity contribution >= 4 is 39.9 Å². The predicted molar refractivity (Wildman–Crippen MR) is 115 cm³/mol. The first kappa shape index (κ1) is 21.2. The number of methoxy groups -OCH3 is 1. The molecule has 0 saturated carbocycles. The summed E-state index contributed by atoms with van der Waals surface area (Å²) in [6.45, 7) is 0.641. The fourth-order valence-corrected chi connectivity index (χ4v) is 4.01. The maximum absolute atomic E-state index is 14.4. The number of likely N-dealkylation sites (tertiary alicyclic amines) is 1. The Bertz CT molecular complexity index is 1150. The number of hydrogen-bond acceptors (Lipinski definition) is 7. The second-order valence-corrected chi connectivity index (χ2v) is 7.77. The molecule has 0 bridgehead atoms. The maximum atomic E-state index is 14.4. The Morgan fingerprint density at radius 2 is 2.23 bits per heavy atom. The van der Waals surface area contributed by atoms with Gasteiger partial charge in [-0.15, -0.1) is 0 Å². The van der Waals surface area contributed by atoms with E-state index in [2.05, 4.69) is 15.3 Å². The summed E-state index contributed by atoms with van der Waals surface area (Å²) in [5.74, 6) is -0.114. The quantitative estimate of drug-likeness (QED) is 0.534. The fraction of sp³-hybridized carbons (Fsp3) is 0.286. The first-order valence-electron chi connectivity index (χ1n) is 9.61. The summed E-state index contributed by atoms with van der Waals surface area (Å²) in [5.41, 5.74) is 7.02.